The van der Waals surface area contributed by atoms with Crippen LogP contribution in [-0.4, -0.2) is 37.2 Å². The molecular formula is C19H19N3O3. The molecule has 2 heterocycles. The van der Waals surface area contributed by atoms with E-state index in [1.165, 1.54) is 5.56 Å². The molecule has 0 atom stereocenters. The van der Waals surface area contributed by atoms with Crippen LogP contribution in [0.2, 0.25) is 0 Å². The van der Waals surface area contributed by atoms with Crippen molar-refractivity contribution < 1.29 is 14.3 Å². The molecule has 0 spiro atoms. The van der Waals surface area contributed by atoms with E-state index in [0.717, 1.165) is 29.8 Å². The quantitative estimate of drug-likeness (QED) is 0.877. The van der Waals surface area contributed by atoms with E-state index in [9.17, 15) is 4.79 Å². The molecule has 6 heteroatoms. The highest BCUT2D eigenvalue weighted by Crippen LogP contribution is 2.29. The van der Waals surface area contributed by atoms with E-state index in [0.29, 0.717) is 29.4 Å². The largest absolute Gasteiger partial charge is 0.493 e. The summed E-state index contributed by atoms with van der Waals surface area (Å²) in [7, 11) is 3.21. The minimum Gasteiger partial charge on any atom is -0.493 e. The van der Waals surface area contributed by atoms with Crippen LogP contribution in [0, 0.1) is 0 Å². The van der Waals surface area contributed by atoms with Crippen molar-refractivity contribution in [1.29, 1.82) is 0 Å². The molecule has 1 aliphatic heterocycles. The number of rotatable bonds is 5. The zero-order valence-electron chi connectivity index (χ0n) is 14.2. The Morgan fingerprint density at radius 2 is 2.08 bits per heavy atom. The van der Waals surface area contributed by atoms with E-state index in [-0.39, 0.29) is 5.78 Å². The Morgan fingerprint density at radius 1 is 1.24 bits per heavy atom. The molecule has 0 saturated heterocycles. The topological polar surface area (TPSA) is 75.7 Å². The highest BCUT2D eigenvalue weighted by molar-refractivity contribution is 6.26. The van der Waals surface area contributed by atoms with Gasteiger partial charge in [0.25, 0.3) is 0 Å². The first-order chi connectivity index (χ1) is 12.2. The number of nitrogens with zero attached hydrogens (tertiary/aromatic N) is 1. The normalized spacial score (nSPS) is 15.2. The fraction of sp³-hybridized carbons (Fsp3) is 0.263. The van der Waals surface area contributed by atoms with Crippen molar-refractivity contribution in [2.24, 2.45) is 4.99 Å². The first-order valence-corrected chi connectivity index (χ1v) is 8.17. The van der Waals surface area contributed by atoms with Gasteiger partial charge >= 0.3 is 0 Å². The van der Waals surface area contributed by atoms with Crippen molar-refractivity contribution in [2.75, 3.05) is 20.8 Å². The lowest BCUT2D eigenvalue weighted by Gasteiger charge is -2.19. The van der Waals surface area contributed by atoms with E-state index >= 15 is 0 Å². The van der Waals surface area contributed by atoms with Crippen LogP contribution < -0.4 is 14.8 Å². The van der Waals surface area contributed by atoms with E-state index < -0.39 is 0 Å². The van der Waals surface area contributed by atoms with Crippen LogP contribution in [0.1, 0.15) is 27.2 Å². The molecule has 0 unspecified atom stereocenters. The second kappa shape index (κ2) is 6.12. The Labute approximate surface area is 145 Å². The summed E-state index contributed by atoms with van der Waals surface area (Å²) in [4.78, 5) is 20.4. The minimum absolute atomic E-state index is 0.0254. The summed E-state index contributed by atoms with van der Waals surface area (Å²) < 4.78 is 10.6. The van der Waals surface area contributed by atoms with Crippen molar-refractivity contribution in [3.63, 3.8) is 0 Å². The van der Waals surface area contributed by atoms with Crippen molar-refractivity contribution >= 4 is 11.5 Å². The van der Waals surface area contributed by atoms with Crippen molar-refractivity contribution in [2.45, 2.75) is 13.0 Å². The smallest absolute Gasteiger partial charge is 0.225 e. The number of Topliss-reactive ketones (excluding diaryl/α,β-unsaturated/α-hetero) is 1. The number of carbonyl (C=O) groups excluding carboxylic acids is 1. The third kappa shape index (κ3) is 2.59. The third-order valence-corrected chi connectivity index (χ3v) is 4.56. The summed E-state index contributed by atoms with van der Waals surface area (Å²) in [6.45, 7) is 1.27. The Hall–Kier alpha value is -3.02. The maximum absolute atomic E-state index is 12.7. The molecule has 0 fully saturated rings. The van der Waals surface area contributed by atoms with Gasteiger partial charge in [0.15, 0.2) is 11.5 Å². The predicted molar refractivity (Wildman–Crippen MR) is 94.7 cm³/mol. The van der Waals surface area contributed by atoms with Gasteiger partial charge in [-0.25, -0.2) is 0 Å². The molecule has 2 N–H and O–H groups in total. The molecule has 128 valence electrons. The summed E-state index contributed by atoms with van der Waals surface area (Å²) in [5, 5.41) is 3.23. The maximum atomic E-state index is 12.7. The van der Waals surface area contributed by atoms with E-state index in [1.807, 2.05) is 30.5 Å². The maximum Gasteiger partial charge on any atom is 0.225 e. The molecule has 2 aliphatic rings. The van der Waals surface area contributed by atoms with Gasteiger partial charge in [0.1, 0.15) is 0 Å². The number of aliphatic imine (C=N–C) groups is 1. The molecule has 0 amide bonds. The second-order valence-corrected chi connectivity index (χ2v) is 6.01. The first kappa shape index (κ1) is 15.5. The van der Waals surface area contributed by atoms with Gasteiger partial charge in [-0.3, -0.25) is 9.79 Å². The van der Waals surface area contributed by atoms with E-state index in [2.05, 4.69) is 15.3 Å². The number of aromatic nitrogens is 1. The fourth-order valence-electron chi connectivity index (χ4n) is 3.28. The molecule has 2 aromatic rings. The van der Waals surface area contributed by atoms with Gasteiger partial charge in [-0.1, -0.05) is 6.07 Å². The summed E-state index contributed by atoms with van der Waals surface area (Å²) in [6, 6.07) is 5.70. The summed E-state index contributed by atoms with van der Waals surface area (Å²) >= 11 is 0. The number of H-pyrrole nitrogens is 1. The number of ketones is 1. The van der Waals surface area contributed by atoms with Crippen LogP contribution in [0.4, 0.5) is 0 Å². The molecule has 0 radical (unpaired) electrons. The molecule has 25 heavy (non-hydrogen) atoms. The lowest BCUT2D eigenvalue weighted by atomic mass is 9.92. The average molecular weight is 337 g/mol. The zero-order chi connectivity index (χ0) is 17.4. The van der Waals surface area contributed by atoms with Crippen molar-refractivity contribution in [1.82, 2.24) is 10.3 Å². The Balaban J connectivity index is 1.56. The molecule has 1 aromatic carbocycles. The predicted octanol–water partition coefficient (Wildman–Crippen LogP) is 2.25. The van der Waals surface area contributed by atoms with Crippen molar-refractivity contribution in [3.8, 4) is 11.5 Å². The number of nitrogens with one attached hydrogen (secondary N) is 2. The van der Waals surface area contributed by atoms with Crippen LogP contribution in [0.5, 0.6) is 11.5 Å². The highest BCUT2D eigenvalue weighted by atomic mass is 16.5. The number of carbonyl (C=O) groups is 1. The summed E-state index contributed by atoms with van der Waals surface area (Å²) in [5.74, 6) is 1.32. The van der Waals surface area contributed by atoms with Gasteiger partial charge in [0.05, 0.1) is 31.3 Å². The SMILES string of the molecule is COc1ccc(CNC2=CC3=NCCc4c[nH]c(c43)C2=O)cc1OC. The number of hydrogen-bond donors (Lipinski definition) is 2. The Bertz CT molecular complexity index is 909. The Morgan fingerprint density at radius 3 is 2.88 bits per heavy atom. The van der Waals surface area contributed by atoms with Crippen molar-refractivity contribution in [3.05, 3.63) is 58.6 Å². The summed E-state index contributed by atoms with van der Waals surface area (Å²) in [6.07, 6.45) is 4.65. The van der Waals surface area contributed by atoms with Crippen LogP contribution in [0.3, 0.4) is 0 Å². The number of ether oxygens (including phenoxy) is 2. The van der Waals surface area contributed by atoms with E-state index in [1.54, 1.807) is 14.2 Å². The van der Waals surface area contributed by atoms with Gasteiger partial charge in [0.2, 0.25) is 5.78 Å². The Kier molecular flexibility index (Phi) is 3.80. The highest BCUT2D eigenvalue weighted by Gasteiger charge is 2.29. The molecule has 1 aromatic heterocycles. The van der Waals surface area contributed by atoms with Gasteiger partial charge in [-0.2, -0.15) is 0 Å². The number of aromatic amines is 1. The zero-order valence-corrected chi connectivity index (χ0v) is 14.2. The van der Waals surface area contributed by atoms with Gasteiger partial charge in [0, 0.05) is 24.8 Å². The number of allylic oxidation sites excluding steroid dienone is 2. The van der Waals surface area contributed by atoms with Crippen LogP contribution in [-0.2, 0) is 13.0 Å². The van der Waals surface area contributed by atoms with Crippen LogP contribution in [0.25, 0.3) is 0 Å². The minimum atomic E-state index is -0.0254. The fourth-order valence-corrected chi connectivity index (χ4v) is 3.28. The van der Waals surface area contributed by atoms with Gasteiger partial charge in [-0.15, -0.1) is 0 Å². The van der Waals surface area contributed by atoms with Gasteiger partial charge in [-0.05, 0) is 35.8 Å². The monoisotopic (exact) mass is 337 g/mol. The molecule has 0 bridgehead atoms. The molecule has 0 saturated carbocycles. The molecule has 4 rings (SSSR count). The first-order valence-electron chi connectivity index (χ1n) is 8.17. The number of methoxy groups -OCH3 is 2. The van der Waals surface area contributed by atoms with Crippen LogP contribution >= 0.6 is 0 Å². The van der Waals surface area contributed by atoms with E-state index in [4.69, 9.17) is 9.47 Å². The number of benzene rings is 1. The summed E-state index contributed by atoms with van der Waals surface area (Å²) in [5.41, 5.74) is 5.19. The van der Waals surface area contributed by atoms with Crippen LogP contribution in [0.15, 0.2) is 41.2 Å². The average Bonchev–Trinajstić information content (AvgIpc) is 3.09. The third-order valence-electron chi connectivity index (χ3n) is 4.56. The molecule has 6 nitrogen and oxygen atoms in total. The molecule has 1 aliphatic carbocycles. The number of hydrogen-bond acceptors (Lipinski definition) is 5. The molecular weight excluding hydrogens is 318 g/mol. The van der Waals surface area contributed by atoms with Gasteiger partial charge < -0.3 is 19.8 Å². The lowest BCUT2D eigenvalue weighted by Crippen LogP contribution is -2.28. The lowest BCUT2D eigenvalue weighted by molar-refractivity contribution is 0.102. The standard InChI is InChI=1S/C19H19N3O3/c1-24-15-4-3-11(7-16(15)25-2)9-21-14-8-13-17-12(5-6-20-13)10-22-18(17)19(14)23/h3-4,7-8,10,21-22H,5-6,9H2,1-2H3. The second-order valence-electron chi connectivity index (χ2n) is 6.01.